The lowest BCUT2D eigenvalue weighted by atomic mass is 10.1. The van der Waals surface area contributed by atoms with Crippen molar-refractivity contribution in [1.29, 1.82) is 0 Å². The zero-order valence-corrected chi connectivity index (χ0v) is 13.4. The van der Waals surface area contributed by atoms with Gasteiger partial charge in [-0.1, -0.05) is 6.07 Å². The Morgan fingerprint density at radius 3 is 2.82 bits per heavy atom. The largest absolute Gasteiger partial charge is 0.486 e. The Kier molecular flexibility index (Phi) is 4.02. The molecule has 0 spiro atoms. The Balaban J connectivity index is 1.53. The van der Waals surface area contributed by atoms with Gasteiger partial charge >= 0.3 is 0 Å². The standard InChI is InChI=1S/C16H18N2O3S/c1-11-6-12(7-15(19)17(11)2)21-13-9-18(10-13)16(20)8-14-4-3-5-22-14/h3-7,13H,8-10H2,1-2H3. The molecule has 1 fully saturated rings. The highest BCUT2D eigenvalue weighted by atomic mass is 32.1. The van der Waals surface area contributed by atoms with Gasteiger partial charge in [-0.3, -0.25) is 9.59 Å². The van der Waals surface area contributed by atoms with Crippen molar-refractivity contribution in [2.45, 2.75) is 19.4 Å². The number of hydrogen-bond donors (Lipinski definition) is 0. The second kappa shape index (κ2) is 5.96. The van der Waals surface area contributed by atoms with Crippen LogP contribution in [-0.4, -0.2) is 34.6 Å². The van der Waals surface area contributed by atoms with E-state index in [9.17, 15) is 9.59 Å². The highest BCUT2D eigenvalue weighted by Gasteiger charge is 2.32. The summed E-state index contributed by atoms with van der Waals surface area (Å²) in [7, 11) is 1.73. The minimum atomic E-state index is -0.0834. The third kappa shape index (κ3) is 3.06. The van der Waals surface area contributed by atoms with Crippen LogP contribution in [0.1, 0.15) is 10.6 Å². The van der Waals surface area contributed by atoms with Gasteiger partial charge in [0.1, 0.15) is 11.9 Å². The number of hydrogen-bond acceptors (Lipinski definition) is 4. The van der Waals surface area contributed by atoms with Gasteiger partial charge in [0.25, 0.3) is 5.56 Å². The molecule has 1 amide bonds. The first-order valence-electron chi connectivity index (χ1n) is 7.17. The molecular weight excluding hydrogens is 300 g/mol. The quantitative estimate of drug-likeness (QED) is 0.860. The van der Waals surface area contributed by atoms with Gasteiger partial charge in [-0.25, -0.2) is 0 Å². The third-order valence-corrected chi connectivity index (χ3v) is 4.76. The van der Waals surface area contributed by atoms with Crippen LogP contribution in [0.2, 0.25) is 0 Å². The van der Waals surface area contributed by atoms with Crippen LogP contribution < -0.4 is 10.3 Å². The van der Waals surface area contributed by atoms with Gasteiger partial charge < -0.3 is 14.2 Å². The molecule has 0 aliphatic carbocycles. The molecule has 2 aromatic rings. The molecule has 0 bridgehead atoms. The Bertz CT molecular complexity index is 730. The van der Waals surface area contributed by atoms with Crippen molar-refractivity contribution < 1.29 is 9.53 Å². The number of nitrogens with zero attached hydrogens (tertiary/aromatic N) is 2. The van der Waals surface area contributed by atoms with Crippen molar-refractivity contribution in [1.82, 2.24) is 9.47 Å². The van der Waals surface area contributed by atoms with E-state index in [0.717, 1.165) is 10.6 Å². The Morgan fingerprint density at radius 2 is 2.18 bits per heavy atom. The maximum Gasteiger partial charge on any atom is 0.254 e. The highest BCUT2D eigenvalue weighted by Crippen LogP contribution is 2.19. The summed E-state index contributed by atoms with van der Waals surface area (Å²) in [5.41, 5.74) is 0.771. The summed E-state index contributed by atoms with van der Waals surface area (Å²) in [6, 6.07) is 7.26. The molecule has 3 rings (SSSR count). The van der Waals surface area contributed by atoms with E-state index in [0.29, 0.717) is 25.3 Å². The van der Waals surface area contributed by atoms with Crippen molar-refractivity contribution in [3.05, 3.63) is 50.6 Å². The number of aryl methyl sites for hydroxylation is 1. The summed E-state index contributed by atoms with van der Waals surface area (Å²) in [6.07, 6.45) is 0.425. The maximum atomic E-state index is 12.1. The molecule has 22 heavy (non-hydrogen) atoms. The van der Waals surface area contributed by atoms with Crippen LogP contribution in [0.25, 0.3) is 0 Å². The smallest absolute Gasteiger partial charge is 0.254 e. The molecule has 2 aromatic heterocycles. The number of carbonyl (C=O) groups is 1. The van der Waals surface area contributed by atoms with Crippen LogP contribution >= 0.6 is 11.3 Å². The highest BCUT2D eigenvalue weighted by molar-refractivity contribution is 7.10. The first kappa shape index (κ1) is 14.8. The number of ether oxygens (including phenoxy) is 1. The van der Waals surface area contributed by atoms with Crippen molar-refractivity contribution >= 4 is 17.2 Å². The number of pyridine rings is 1. The van der Waals surface area contributed by atoms with Crippen molar-refractivity contribution in [2.75, 3.05) is 13.1 Å². The molecule has 0 N–H and O–H groups in total. The minimum Gasteiger partial charge on any atom is -0.486 e. The molecule has 0 aromatic carbocycles. The molecule has 116 valence electrons. The predicted octanol–water partition coefficient (Wildman–Crippen LogP) is 1.59. The molecule has 0 radical (unpaired) electrons. The average Bonchev–Trinajstić information content (AvgIpc) is 2.92. The van der Waals surface area contributed by atoms with Gasteiger partial charge in [0.2, 0.25) is 5.91 Å². The van der Waals surface area contributed by atoms with E-state index in [2.05, 4.69) is 0 Å². The number of carbonyl (C=O) groups excluding carboxylic acids is 1. The van der Waals surface area contributed by atoms with Gasteiger partial charge in [0.15, 0.2) is 0 Å². The molecular formula is C16H18N2O3S. The molecule has 0 unspecified atom stereocenters. The molecule has 3 heterocycles. The van der Waals surface area contributed by atoms with Crippen LogP contribution in [0.15, 0.2) is 34.4 Å². The zero-order chi connectivity index (χ0) is 15.7. The normalized spacial score (nSPS) is 14.7. The van der Waals surface area contributed by atoms with E-state index in [-0.39, 0.29) is 17.6 Å². The van der Waals surface area contributed by atoms with E-state index in [1.165, 1.54) is 6.07 Å². The third-order valence-electron chi connectivity index (χ3n) is 3.89. The molecule has 6 heteroatoms. The van der Waals surface area contributed by atoms with E-state index in [4.69, 9.17) is 4.74 Å². The Hall–Kier alpha value is -2.08. The fourth-order valence-corrected chi connectivity index (χ4v) is 3.08. The van der Waals surface area contributed by atoms with Gasteiger partial charge in [-0.15, -0.1) is 11.3 Å². The molecule has 0 saturated carbocycles. The summed E-state index contributed by atoms with van der Waals surface area (Å²) in [4.78, 5) is 26.7. The lowest BCUT2D eigenvalue weighted by molar-refractivity contribution is -0.139. The number of amides is 1. The summed E-state index contributed by atoms with van der Waals surface area (Å²) >= 11 is 1.60. The van der Waals surface area contributed by atoms with Gasteiger partial charge in [-0.2, -0.15) is 0 Å². The van der Waals surface area contributed by atoms with Crippen molar-refractivity contribution in [3.63, 3.8) is 0 Å². The summed E-state index contributed by atoms with van der Waals surface area (Å²) < 4.78 is 7.35. The molecule has 1 saturated heterocycles. The van der Waals surface area contributed by atoms with Crippen molar-refractivity contribution in [3.8, 4) is 5.75 Å². The average molecular weight is 318 g/mol. The van der Waals surface area contributed by atoms with Gasteiger partial charge in [0.05, 0.1) is 19.5 Å². The zero-order valence-electron chi connectivity index (χ0n) is 12.6. The lowest BCUT2D eigenvalue weighted by Gasteiger charge is -2.39. The molecule has 1 aliphatic heterocycles. The first-order valence-corrected chi connectivity index (χ1v) is 8.05. The SMILES string of the molecule is Cc1cc(OC2CN(C(=O)Cc3cccs3)C2)cc(=O)n1C. The van der Waals surface area contributed by atoms with Gasteiger partial charge in [-0.05, 0) is 24.4 Å². The van der Waals surface area contributed by atoms with Crippen LogP contribution in [0.5, 0.6) is 5.75 Å². The van der Waals surface area contributed by atoms with Crippen LogP contribution in [0.4, 0.5) is 0 Å². The first-order chi connectivity index (χ1) is 10.5. The van der Waals surface area contributed by atoms with Crippen LogP contribution in [0, 0.1) is 6.92 Å². The second-order valence-corrected chi connectivity index (χ2v) is 6.56. The van der Waals surface area contributed by atoms with E-state index >= 15 is 0 Å². The van der Waals surface area contributed by atoms with E-state index in [1.54, 1.807) is 27.9 Å². The van der Waals surface area contributed by atoms with Crippen LogP contribution in [0.3, 0.4) is 0 Å². The van der Waals surface area contributed by atoms with Crippen molar-refractivity contribution in [2.24, 2.45) is 7.05 Å². The molecule has 5 nitrogen and oxygen atoms in total. The summed E-state index contributed by atoms with van der Waals surface area (Å²) in [5.74, 6) is 0.707. The van der Waals surface area contributed by atoms with E-state index < -0.39 is 0 Å². The lowest BCUT2D eigenvalue weighted by Crippen LogP contribution is -2.56. The summed E-state index contributed by atoms with van der Waals surface area (Å²) in [6.45, 7) is 3.03. The maximum absolute atomic E-state index is 12.1. The fourth-order valence-electron chi connectivity index (χ4n) is 2.39. The second-order valence-electron chi connectivity index (χ2n) is 5.52. The van der Waals surface area contributed by atoms with Gasteiger partial charge in [0, 0.05) is 23.7 Å². The number of aromatic nitrogens is 1. The monoisotopic (exact) mass is 318 g/mol. The van der Waals surface area contributed by atoms with E-state index in [1.807, 2.05) is 30.5 Å². The predicted molar refractivity (Wildman–Crippen MR) is 85.4 cm³/mol. The fraction of sp³-hybridized carbons (Fsp3) is 0.375. The topological polar surface area (TPSA) is 51.5 Å². The number of likely N-dealkylation sites (tertiary alicyclic amines) is 1. The molecule has 0 atom stereocenters. The number of rotatable bonds is 4. The van der Waals surface area contributed by atoms with Crippen LogP contribution in [-0.2, 0) is 18.3 Å². The minimum absolute atomic E-state index is 0.0289. The number of thiophene rings is 1. The summed E-state index contributed by atoms with van der Waals surface area (Å²) in [5, 5.41) is 1.98. The Labute approximate surface area is 132 Å². The molecule has 1 aliphatic rings. The Morgan fingerprint density at radius 1 is 1.41 bits per heavy atom.